The second kappa shape index (κ2) is 8.53. The third-order valence-electron chi connectivity index (χ3n) is 4.18. The number of ether oxygens (including phenoxy) is 2. The minimum atomic E-state index is -0.0724. The van der Waals surface area contributed by atoms with Crippen molar-refractivity contribution in [3.8, 4) is 11.5 Å². The maximum Gasteiger partial charge on any atom is 0.234 e. The fourth-order valence-electron chi connectivity index (χ4n) is 2.80. The number of para-hydroxylation sites is 2. The van der Waals surface area contributed by atoms with Crippen LogP contribution in [-0.2, 0) is 11.3 Å². The normalized spacial score (nSPS) is 15.8. The number of hydrogen-bond donors (Lipinski definition) is 1. The number of carbonyl (C=O) groups is 1. The van der Waals surface area contributed by atoms with Gasteiger partial charge in [0.15, 0.2) is 11.5 Å². The summed E-state index contributed by atoms with van der Waals surface area (Å²) in [6.45, 7) is 4.88. The van der Waals surface area contributed by atoms with Crippen LogP contribution in [0.5, 0.6) is 11.5 Å². The first kappa shape index (κ1) is 17.3. The van der Waals surface area contributed by atoms with Gasteiger partial charge in [0.05, 0.1) is 6.54 Å². The summed E-state index contributed by atoms with van der Waals surface area (Å²) in [6.07, 6.45) is -0.0724. The molecule has 0 aromatic heterocycles. The van der Waals surface area contributed by atoms with Gasteiger partial charge in [-0.3, -0.25) is 9.69 Å². The molecule has 0 radical (unpaired) electrons. The lowest BCUT2D eigenvalue weighted by molar-refractivity contribution is -0.122. The lowest BCUT2D eigenvalue weighted by Gasteiger charge is -2.30. The fourth-order valence-corrected chi connectivity index (χ4v) is 2.80. The Morgan fingerprint density at radius 3 is 2.60 bits per heavy atom. The highest BCUT2D eigenvalue weighted by Gasteiger charge is 2.23. The van der Waals surface area contributed by atoms with Gasteiger partial charge in [-0.15, -0.1) is 0 Å². The van der Waals surface area contributed by atoms with Gasteiger partial charge in [-0.2, -0.15) is 0 Å². The molecular weight excluding hydrogens is 316 g/mol. The Balaban J connectivity index is 1.47. The Kier molecular flexibility index (Phi) is 5.90. The van der Waals surface area contributed by atoms with Gasteiger partial charge in [0.25, 0.3) is 0 Å². The number of nitrogens with zero attached hydrogens (tertiary/aromatic N) is 1. The zero-order chi connectivity index (χ0) is 17.5. The number of fused-ring (bicyclic) bond motifs is 1. The van der Waals surface area contributed by atoms with Crippen molar-refractivity contribution in [3.63, 3.8) is 0 Å². The topological polar surface area (TPSA) is 50.8 Å². The van der Waals surface area contributed by atoms with Crippen LogP contribution in [0.3, 0.4) is 0 Å². The summed E-state index contributed by atoms with van der Waals surface area (Å²) in [4.78, 5) is 14.3. The maximum absolute atomic E-state index is 12.2. The SMILES string of the molecule is CCN(CC(=O)NCc1ccccc1)CC1COc2ccccc2O1. The molecule has 0 saturated carbocycles. The molecule has 1 atom stereocenters. The second-order valence-electron chi connectivity index (χ2n) is 6.09. The van der Waals surface area contributed by atoms with E-state index in [1.165, 1.54) is 0 Å². The van der Waals surface area contributed by atoms with Crippen molar-refractivity contribution in [1.29, 1.82) is 0 Å². The molecule has 5 heteroatoms. The quantitative estimate of drug-likeness (QED) is 0.841. The van der Waals surface area contributed by atoms with Crippen LogP contribution in [0.15, 0.2) is 54.6 Å². The van der Waals surface area contributed by atoms with E-state index in [4.69, 9.17) is 9.47 Å². The number of nitrogens with one attached hydrogen (secondary N) is 1. The van der Waals surface area contributed by atoms with Crippen LogP contribution in [0, 0.1) is 0 Å². The Bertz CT molecular complexity index is 690. The van der Waals surface area contributed by atoms with Crippen molar-refractivity contribution >= 4 is 5.91 Å². The van der Waals surface area contributed by atoms with Crippen LogP contribution in [-0.4, -0.2) is 43.2 Å². The van der Waals surface area contributed by atoms with Gasteiger partial charge in [-0.05, 0) is 24.2 Å². The highest BCUT2D eigenvalue weighted by atomic mass is 16.6. The monoisotopic (exact) mass is 340 g/mol. The van der Waals surface area contributed by atoms with Crippen LogP contribution in [0.1, 0.15) is 12.5 Å². The zero-order valence-electron chi connectivity index (χ0n) is 14.5. The predicted octanol–water partition coefficient (Wildman–Crippen LogP) is 2.46. The third-order valence-corrected chi connectivity index (χ3v) is 4.18. The molecule has 0 spiro atoms. The molecule has 0 aliphatic carbocycles. The van der Waals surface area contributed by atoms with E-state index in [2.05, 4.69) is 10.2 Å². The van der Waals surface area contributed by atoms with Crippen molar-refractivity contribution in [2.75, 3.05) is 26.2 Å². The van der Waals surface area contributed by atoms with Gasteiger partial charge in [0, 0.05) is 13.1 Å². The molecule has 2 aromatic rings. The highest BCUT2D eigenvalue weighted by Crippen LogP contribution is 2.30. The minimum absolute atomic E-state index is 0.0165. The molecule has 2 aromatic carbocycles. The van der Waals surface area contributed by atoms with E-state index in [9.17, 15) is 4.79 Å². The Morgan fingerprint density at radius 1 is 1.12 bits per heavy atom. The standard InChI is InChI=1S/C20H24N2O3/c1-2-22(14-20(23)21-12-16-8-4-3-5-9-16)13-17-15-24-18-10-6-7-11-19(18)25-17/h3-11,17H,2,12-15H2,1H3,(H,21,23). The molecule has 0 saturated heterocycles. The largest absolute Gasteiger partial charge is 0.486 e. The Hall–Kier alpha value is -2.53. The summed E-state index contributed by atoms with van der Waals surface area (Å²) in [5, 5.41) is 2.96. The Labute approximate surface area is 148 Å². The summed E-state index contributed by atoms with van der Waals surface area (Å²) in [5.74, 6) is 1.56. The summed E-state index contributed by atoms with van der Waals surface area (Å²) >= 11 is 0. The van der Waals surface area contributed by atoms with Crippen LogP contribution in [0.4, 0.5) is 0 Å². The average Bonchev–Trinajstić information content (AvgIpc) is 2.66. The number of amides is 1. The van der Waals surface area contributed by atoms with Crippen LogP contribution >= 0.6 is 0 Å². The van der Waals surface area contributed by atoms with Crippen LogP contribution in [0.2, 0.25) is 0 Å². The summed E-state index contributed by atoms with van der Waals surface area (Å²) in [6, 6.07) is 17.6. The number of likely N-dealkylation sites (N-methyl/N-ethyl adjacent to an activating group) is 1. The van der Waals surface area contributed by atoms with Gasteiger partial charge in [0.1, 0.15) is 12.7 Å². The average molecular weight is 340 g/mol. The predicted molar refractivity (Wildman–Crippen MR) is 96.8 cm³/mol. The molecule has 3 rings (SSSR count). The summed E-state index contributed by atoms with van der Waals surface area (Å²) in [5.41, 5.74) is 1.10. The van der Waals surface area contributed by atoms with Gasteiger partial charge in [-0.1, -0.05) is 49.4 Å². The molecule has 25 heavy (non-hydrogen) atoms. The summed E-state index contributed by atoms with van der Waals surface area (Å²) in [7, 11) is 0. The van der Waals surface area contributed by atoms with Crippen molar-refractivity contribution in [2.45, 2.75) is 19.6 Å². The molecule has 1 amide bonds. The molecule has 1 heterocycles. The number of benzene rings is 2. The molecule has 1 aliphatic rings. The second-order valence-corrected chi connectivity index (χ2v) is 6.09. The smallest absolute Gasteiger partial charge is 0.234 e. The summed E-state index contributed by atoms with van der Waals surface area (Å²) < 4.78 is 11.7. The lowest BCUT2D eigenvalue weighted by Crippen LogP contribution is -2.44. The van der Waals surface area contributed by atoms with Gasteiger partial charge < -0.3 is 14.8 Å². The van der Waals surface area contributed by atoms with Gasteiger partial charge >= 0.3 is 0 Å². The van der Waals surface area contributed by atoms with E-state index >= 15 is 0 Å². The molecular formula is C20H24N2O3. The zero-order valence-corrected chi connectivity index (χ0v) is 14.5. The van der Waals surface area contributed by atoms with E-state index in [0.29, 0.717) is 26.2 Å². The molecule has 1 aliphatic heterocycles. The number of hydrogen-bond acceptors (Lipinski definition) is 4. The van der Waals surface area contributed by atoms with Crippen molar-refractivity contribution in [3.05, 3.63) is 60.2 Å². The first-order valence-corrected chi connectivity index (χ1v) is 8.66. The first-order valence-electron chi connectivity index (χ1n) is 8.66. The van der Waals surface area contributed by atoms with Gasteiger partial charge in [0.2, 0.25) is 5.91 Å². The van der Waals surface area contributed by atoms with Crippen molar-refractivity contribution in [2.24, 2.45) is 0 Å². The fraction of sp³-hybridized carbons (Fsp3) is 0.350. The van der Waals surface area contributed by atoms with Gasteiger partial charge in [-0.25, -0.2) is 0 Å². The van der Waals surface area contributed by atoms with E-state index in [1.54, 1.807) is 0 Å². The minimum Gasteiger partial charge on any atom is -0.486 e. The van der Waals surface area contributed by atoms with Crippen LogP contribution < -0.4 is 14.8 Å². The molecule has 0 bridgehead atoms. The van der Waals surface area contributed by atoms with E-state index < -0.39 is 0 Å². The molecule has 1 unspecified atom stereocenters. The first-order chi connectivity index (χ1) is 12.2. The third kappa shape index (κ3) is 4.97. The van der Waals surface area contributed by atoms with E-state index in [1.807, 2.05) is 61.5 Å². The maximum atomic E-state index is 12.2. The lowest BCUT2D eigenvalue weighted by atomic mass is 10.2. The number of carbonyl (C=O) groups excluding carboxylic acids is 1. The highest BCUT2D eigenvalue weighted by molar-refractivity contribution is 5.78. The molecule has 1 N–H and O–H groups in total. The number of rotatable bonds is 7. The molecule has 5 nitrogen and oxygen atoms in total. The Morgan fingerprint density at radius 2 is 1.84 bits per heavy atom. The van der Waals surface area contributed by atoms with Crippen molar-refractivity contribution < 1.29 is 14.3 Å². The molecule has 132 valence electrons. The van der Waals surface area contributed by atoms with Crippen molar-refractivity contribution in [1.82, 2.24) is 10.2 Å². The van der Waals surface area contributed by atoms with Crippen LogP contribution in [0.25, 0.3) is 0 Å². The van der Waals surface area contributed by atoms with E-state index in [0.717, 1.165) is 23.6 Å². The van der Waals surface area contributed by atoms with E-state index in [-0.39, 0.29) is 12.0 Å². The molecule has 0 fully saturated rings.